The van der Waals surface area contributed by atoms with Crippen molar-refractivity contribution in [2.45, 2.75) is 123 Å². The minimum Gasteiger partial charge on any atom is -0.355 e. The molecule has 6 atom stereocenters. The Morgan fingerprint density at radius 3 is 1.98 bits per heavy atom. The fourth-order valence-corrected chi connectivity index (χ4v) is 5.69. The third kappa shape index (κ3) is 14.8. The Morgan fingerprint density at radius 1 is 0.796 bits per heavy atom. The van der Waals surface area contributed by atoms with Crippen LogP contribution in [0.15, 0.2) is 29.2 Å². The van der Waals surface area contributed by atoms with Crippen LogP contribution in [0, 0.1) is 17.8 Å². The average molecular weight is 710 g/mol. The molecule has 49 heavy (non-hydrogen) atoms. The van der Waals surface area contributed by atoms with E-state index >= 15 is 0 Å². The van der Waals surface area contributed by atoms with E-state index in [0.717, 1.165) is 6.07 Å². The van der Waals surface area contributed by atoms with E-state index in [-0.39, 0.29) is 52.6 Å². The van der Waals surface area contributed by atoms with Gasteiger partial charge in [-0.15, -0.1) is 0 Å². The molecule has 0 saturated heterocycles. The summed E-state index contributed by atoms with van der Waals surface area (Å²) in [4.78, 5) is 65.5. The van der Waals surface area contributed by atoms with Gasteiger partial charge in [0, 0.05) is 24.7 Å². The second-order valence-electron chi connectivity index (χ2n) is 13.3. The summed E-state index contributed by atoms with van der Waals surface area (Å²) in [5.41, 5.74) is 0.0198. The standard InChI is InChI=1S/C34H59N7O7S/c1-10-14-27(39-34(46)29(22(8)11-2)41-31(43)24-15-13-16-26(18-24)49(35,47)48)32(44)38-25(17-20(4)5)19-37-23(9)30(42)40-28(21(6)7)33(45)36-12-3/h13,15-16,18,20-23,25,27-29,37H,10-12,14,17,19H2,1-9H3,(H,36,45)(H,38,44)(H,39,46)(H,40,42)(H,41,43)(H2,35,47,48)/t22-,23-,25-,27-,28-,29-/m0/s1. The lowest BCUT2D eigenvalue weighted by Crippen LogP contribution is -2.58. The topological polar surface area (TPSA) is 218 Å². The van der Waals surface area contributed by atoms with E-state index in [1.54, 1.807) is 13.8 Å². The summed E-state index contributed by atoms with van der Waals surface area (Å²) in [7, 11) is -4.04. The summed E-state index contributed by atoms with van der Waals surface area (Å²) in [5.74, 6) is -2.42. The van der Waals surface area contributed by atoms with Gasteiger partial charge < -0.3 is 31.9 Å². The monoisotopic (exact) mass is 709 g/mol. The van der Waals surface area contributed by atoms with Gasteiger partial charge in [-0.1, -0.05) is 67.4 Å². The minimum absolute atomic E-state index is 0.0198. The Kier molecular flexibility index (Phi) is 18.5. The lowest BCUT2D eigenvalue weighted by atomic mass is 9.97. The first-order valence-corrected chi connectivity index (χ1v) is 18.8. The predicted molar refractivity (Wildman–Crippen MR) is 190 cm³/mol. The number of nitrogens with two attached hydrogens (primary N) is 1. The molecule has 0 radical (unpaired) electrons. The molecule has 0 saturated carbocycles. The number of benzene rings is 1. The molecule has 0 heterocycles. The van der Waals surface area contributed by atoms with Crippen LogP contribution in [-0.4, -0.2) is 81.3 Å². The van der Waals surface area contributed by atoms with Gasteiger partial charge in [-0.25, -0.2) is 13.6 Å². The molecule has 1 aromatic rings. The summed E-state index contributed by atoms with van der Waals surface area (Å²) < 4.78 is 23.6. The van der Waals surface area contributed by atoms with E-state index in [9.17, 15) is 32.4 Å². The maximum atomic E-state index is 13.6. The van der Waals surface area contributed by atoms with Crippen molar-refractivity contribution in [1.82, 2.24) is 31.9 Å². The smallest absolute Gasteiger partial charge is 0.251 e. The molecular weight excluding hydrogens is 650 g/mol. The van der Waals surface area contributed by atoms with Crippen molar-refractivity contribution >= 4 is 39.6 Å². The van der Waals surface area contributed by atoms with Crippen molar-refractivity contribution in [3.05, 3.63) is 29.8 Å². The molecule has 278 valence electrons. The highest BCUT2D eigenvalue weighted by Gasteiger charge is 2.31. The second-order valence-corrected chi connectivity index (χ2v) is 14.9. The number of hydrogen-bond acceptors (Lipinski definition) is 8. The Balaban J connectivity index is 3.05. The number of likely N-dealkylation sites (N-methyl/N-ethyl adjacent to an activating group) is 1. The van der Waals surface area contributed by atoms with Crippen LogP contribution in [0.3, 0.4) is 0 Å². The first kappa shape index (κ1) is 43.5. The SMILES string of the molecule is CCC[C@H](NC(=O)[C@@H](NC(=O)c1cccc(S(N)(=O)=O)c1)[C@@H](C)CC)C(=O)N[C@H](CN[C@@H](C)C(=O)N[C@H](C(=O)NCC)C(C)C)CC(C)C. The van der Waals surface area contributed by atoms with Gasteiger partial charge in [0.25, 0.3) is 5.91 Å². The lowest BCUT2D eigenvalue weighted by Gasteiger charge is -2.29. The summed E-state index contributed by atoms with van der Waals surface area (Å²) in [5, 5.41) is 22.5. The van der Waals surface area contributed by atoms with E-state index in [1.165, 1.54) is 18.2 Å². The van der Waals surface area contributed by atoms with E-state index < -0.39 is 51.9 Å². The van der Waals surface area contributed by atoms with Crippen molar-refractivity contribution in [2.24, 2.45) is 22.9 Å². The number of primary sulfonamides is 1. The fourth-order valence-electron chi connectivity index (χ4n) is 5.13. The van der Waals surface area contributed by atoms with Gasteiger partial charge in [0.05, 0.1) is 10.9 Å². The molecule has 5 amide bonds. The highest BCUT2D eigenvalue weighted by atomic mass is 32.2. The van der Waals surface area contributed by atoms with Crippen molar-refractivity contribution in [3.8, 4) is 0 Å². The number of carbonyl (C=O) groups excluding carboxylic acids is 5. The van der Waals surface area contributed by atoms with Crippen LogP contribution in [0.5, 0.6) is 0 Å². The molecule has 0 spiro atoms. The van der Waals surface area contributed by atoms with Gasteiger partial charge in [-0.3, -0.25) is 24.0 Å². The number of carbonyl (C=O) groups is 5. The van der Waals surface area contributed by atoms with Crippen LogP contribution in [0.4, 0.5) is 0 Å². The van der Waals surface area contributed by atoms with E-state index in [2.05, 4.69) is 31.9 Å². The Morgan fingerprint density at radius 2 is 1.45 bits per heavy atom. The molecule has 0 aliphatic heterocycles. The molecule has 1 aromatic carbocycles. The predicted octanol–water partition coefficient (Wildman–Crippen LogP) is 1.55. The van der Waals surface area contributed by atoms with Gasteiger partial charge in [-0.2, -0.15) is 0 Å². The summed E-state index contributed by atoms with van der Waals surface area (Å²) >= 11 is 0. The molecule has 0 aliphatic carbocycles. The van der Waals surface area contributed by atoms with Crippen LogP contribution in [0.1, 0.15) is 98.4 Å². The van der Waals surface area contributed by atoms with Crippen molar-refractivity contribution in [1.29, 1.82) is 0 Å². The number of rotatable bonds is 21. The third-order valence-electron chi connectivity index (χ3n) is 8.18. The molecular formula is C34H59N7O7S. The molecule has 0 aromatic heterocycles. The summed E-state index contributed by atoms with van der Waals surface area (Å²) in [6.07, 6.45) is 2.06. The third-order valence-corrected chi connectivity index (χ3v) is 9.09. The molecule has 0 unspecified atom stereocenters. The Bertz CT molecular complexity index is 1370. The first-order chi connectivity index (χ1) is 22.9. The molecule has 0 bridgehead atoms. The zero-order chi connectivity index (χ0) is 37.5. The summed E-state index contributed by atoms with van der Waals surface area (Å²) in [6, 6.07) is 1.60. The van der Waals surface area contributed by atoms with Crippen molar-refractivity contribution in [2.75, 3.05) is 13.1 Å². The molecule has 0 fully saturated rings. The number of hydrogen-bond donors (Lipinski definition) is 7. The fraction of sp³-hybridized carbons (Fsp3) is 0.676. The van der Waals surface area contributed by atoms with Gasteiger partial charge in [0.15, 0.2) is 0 Å². The Labute approximate surface area is 292 Å². The maximum Gasteiger partial charge on any atom is 0.251 e. The van der Waals surface area contributed by atoms with Gasteiger partial charge >= 0.3 is 0 Å². The van der Waals surface area contributed by atoms with Crippen molar-refractivity contribution in [3.63, 3.8) is 0 Å². The quantitative estimate of drug-likeness (QED) is 0.0991. The first-order valence-electron chi connectivity index (χ1n) is 17.2. The molecule has 1 rings (SSSR count). The van der Waals surface area contributed by atoms with Gasteiger partial charge in [0.2, 0.25) is 33.7 Å². The number of sulfonamides is 1. The molecule has 0 aliphatic rings. The molecule has 15 heteroatoms. The minimum atomic E-state index is -4.04. The normalized spacial score (nSPS) is 15.3. The zero-order valence-corrected chi connectivity index (χ0v) is 31.3. The van der Waals surface area contributed by atoms with Crippen LogP contribution >= 0.6 is 0 Å². The Hall–Kier alpha value is -3.56. The van der Waals surface area contributed by atoms with Crippen LogP contribution in [0.2, 0.25) is 0 Å². The van der Waals surface area contributed by atoms with Crippen LogP contribution in [-0.2, 0) is 29.2 Å². The zero-order valence-electron chi connectivity index (χ0n) is 30.5. The van der Waals surface area contributed by atoms with E-state index in [0.29, 0.717) is 32.2 Å². The maximum absolute atomic E-state index is 13.6. The van der Waals surface area contributed by atoms with Crippen molar-refractivity contribution < 1.29 is 32.4 Å². The van der Waals surface area contributed by atoms with Gasteiger partial charge in [0.1, 0.15) is 18.1 Å². The largest absolute Gasteiger partial charge is 0.355 e. The van der Waals surface area contributed by atoms with E-state index in [1.807, 2.05) is 48.5 Å². The second kappa shape index (κ2) is 20.8. The van der Waals surface area contributed by atoms with Crippen LogP contribution < -0.4 is 37.0 Å². The number of nitrogens with one attached hydrogen (secondary N) is 6. The van der Waals surface area contributed by atoms with E-state index in [4.69, 9.17) is 5.14 Å². The molecule has 8 N–H and O–H groups in total. The highest BCUT2D eigenvalue weighted by molar-refractivity contribution is 7.89. The average Bonchev–Trinajstić information content (AvgIpc) is 3.03. The molecule has 14 nitrogen and oxygen atoms in total. The lowest BCUT2D eigenvalue weighted by molar-refractivity contribution is -0.131. The highest BCUT2D eigenvalue weighted by Crippen LogP contribution is 2.14. The van der Waals surface area contributed by atoms with Crippen LogP contribution in [0.25, 0.3) is 0 Å². The number of amides is 5. The summed E-state index contributed by atoms with van der Waals surface area (Å²) in [6.45, 7) is 17.5. The van der Waals surface area contributed by atoms with Gasteiger partial charge in [-0.05, 0) is 62.6 Å².